The Morgan fingerprint density at radius 1 is 1.32 bits per heavy atom. The van der Waals surface area contributed by atoms with Crippen molar-refractivity contribution in [3.8, 4) is 6.07 Å². The lowest BCUT2D eigenvalue weighted by molar-refractivity contribution is 0.0337. The molecule has 0 atom stereocenters. The van der Waals surface area contributed by atoms with Gasteiger partial charge >= 0.3 is 0 Å². The summed E-state index contributed by atoms with van der Waals surface area (Å²) in [7, 11) is -3.75. The summed E-state index contributed by atoms with van der Waals surface area (Å²) in [6.07, 6.45) is 0. The molecule has 25 heavy (non-hydrogen) atoms. The van der Waals surface area contributed by atoms with E-state index < -0.39 is 10.0 Å². The van der Waals surface area contributed by atoms with Crippen molar-refractivity contribution >= 4 is 21.4 Å². The fourth-order valence-corrected chi connectivity index (χ4v) is 4.48. The van der Waals surface area contributed by atoms with Gasteiger partial charge in [-0.05, 0) is 12.1 Å². The van der Waals surface area contributed by atoms with Crippen LogP contribution in [0.15, 0.2) is 34.5 Å². The molecule has 1 fully saturated rings. The van der Waals surface area contributed by atoms with Gasteiger partial charge in [-0.15, -0.1) is 11.3 Å². The van der Waals surface area contributed by atoms with Crippen molar-refractivity contribution in [3.05, 3.63) is 45.9 Å². The van der Waals surface area contributed by atoms with Crippen LogP contribution in [0.2, 0.25) is 0 Å². The van der Waals surface area contributed by atoms with E-state index in [2.05, 4.69) is 14.6 Å². The molecule has 1 aromatic heterocycles. The molecule has 7 nitrogen and oxygen atoms in total. The third-order valence-corrected chi connectivity index (χ3v) is 6.16. The van der Waals surface area contributed by atoms with Gasteiger partial charge in [-0.2, -0.15) is 5.26 Å². The largest absolute Gasteiger partial charge is 0.379 e. The van der Waals surface area contributed by atoms with Crippen molar-refractivity contribution in [1.29, 1.82) is 5.26 Å². The van der Waals surface area contributed by atoms with Gasteiger partial charge in [0.1, 0.15) is 11.1 Å². The maximum absolute atomic E-state index is 12.4. The van der Waals surface area contributed by atoms with E-state index in [1.807, 2.05) is 11.4 Å². The predicted octanol–water partition coefficient (Wildman–Crippen LogP) is 1.33. The summed E-state index contributed by atoms with van der Waals surface area (Å²) in [4.78, 5) is 6.74. The molecular weight excluding hydrogens is 360 g/mol. The van der Waals surface area contributed by atoms with Gasteiger partial charge < -0.3 is 4.74 Å². The number of nitrogens with zero attached hydrogens (tertiary/aromatic N) is 3. The number of rotatable bonds is 6. The van der Waals surface area contributed by atoms with Gasteiger partial charge in [-0.1, -0.05) is 12.1 Å². The van der Waals surface area contributed by atoms with Crippen molar-refractivity contribution in [2.75, 3.05) is 26.3 Å². The van der Waals surface area contributed by atoms with E-state index in [0.29, 0.717) is 5.01 Å². The number of sulfonamides is 1. The molecule has 1 saturated heterocycles. The van der Waals surface area contributed by atoms with Gasteiger partial charge in [0.25, 0.3) is 0 Å². The number of ether oxygens (including phenoxy) is 1. The molecule has 1 aliphatic rings. The highest BCUT2D eigenvalue weighted by Crippen LogP contribution is 2.16. The Morgan fingerprint density at radius 3 is 2.84 bits per heavy atom. The van der Waals surface area contributed by atoms with Crippen LogP contribution in [0.3, 0.4) is 0 Å². The molecular formula is C16H18N4O3S2. The minimum Gasteiger partial charge on any atom is -0.379 e. The van der Waals surface area contributed by atoms with Crippen molar-refractivity contribution in [2.24, 2.45) is 0 Å². The molecule has 1 N–H and O–H groups in total. The number of aromatic nitrogens is 1. The van der Waals surface area contributed by atoms with E-state index in [1.165, 1.54) is 23.5 Å². The summed E-state index contributed by atoms with van der Waals surface area (Å²) in [5.41, 5.74) is 1.06. The van der Waals surface area contributed by atoms with Gasteiger partial charge in [-0.25, -0.2) is 18.1 Å². The second-order valence-corrected chi connectivity index (χ2v) is 8.23. The van der Waals surface area contributed by atoms with E-state index in [4.69, 9.17) is 10.00 Å². The van der Waals surface area contributed by atoms with Crippen LogP contribution in [-0.2, 0) is 27.8 Å². The van der Waals surface area contributed by atoms with Crippen LogP contribution in [0.5, 0.6) is 0 Å². The molecule has 2 aromatic rings. The number of morpholine rings is 1. The first-order valence-corrected chi connectivity index (χ1v) is 10.2. The second-order valence-electron chi connectivity index (χ2n) is 5.55. The Bertz CT molecular complexity index is 868. The molecule has 0 radical (unpaired) electrons. The van der Waals surface area contributed by atoms with Crippen LogP contribution in [0, 0.1) is 11.3 Å². The van der Waals surface area contributed by atoms with Gasteiger partial charge in [0.2, 0.25) is 10.0 Å². The molecule has 0 saturated carbocycles. The lowest BCUT2D eigenvalue weighted by Crippen LogP contribution is -2.35. The Hall–Kier alpha value is -1.83. The van der Waals surface area contributed by atoms with Gasteiger partial charge in [0, 0.05) is 25.0 Å². The van der Waals surface area contributed by atoms with Crippen LogP contribution in [-0.4, -0.2) is 44.6 Å². The van der Waals surface area contributed by atoms with Crippen LogP contribution in [0.4, 0.5) is 0 Å². The molecule has 0 spiro atoms. The monoisotopic (exact) mass is 378 g/mol. The quantitative estimate of drug-likeness (QED) is 0.815. The SMILES string of the molecule is N#Cc1ccccc1S(=O)(=O)NCc1nc(CN2CCOCC2)cs1. The number of thiazole rings is 1. The summed E-state index contributed by atoms with van der Waals surface area (Å²) in [5.74, 6) is 0. The molecule has 0 unspecified atom stereocenters. The first kappa shape index (κ1) is 18.0. The molecule has 2 heterocycles. The summed E-state index contributed by atoms with van der Waals surface area (Å²) in [5, 5.41) is 11.7. The standard InChI is InChI=1S/C16H18N4O3S2/c17-9-13-3-1-2-4-15(13)25(21,22)18-10-16-19-14(12-24-16)11-20-5-7-23-8-6-20/h1-4,12,18H,5-8,10-11H2. The van der Waals surface area contributed by atoms with Crippen molar-refractivity contribution in [1.82, 2.24) is 14.6 Å². The van der Waals surface area contributed by atoms with E-state index in [-0.39, 0.29) is 17.0 Å². The van der Waals surface area contributed by atoms with Gasteiger partial charge in [-0.3, -0.25) is 4.90 Å². The highest BCUT2D eigenvalue weighted by Gasteiger charge is 2.19. The molecule has 0 bridgehead atoms. The van der Waals surface area contributed by atoms with Crippen LogP contribution >= 0.6 is 11.3 Å². The lowest BCUT2D eigenvalue weighted by atomic mass is 10.2. The number of benzene rings is 1. The minimum atomic E-state index is -3.75. The normalized spacial score (nSPS) is 15.8. The summed E-state index contributed by atoms with van der Waals surface area (Å²) in [6.45, 7) is 4.07. The first-order chi connectivity index (χ1) is 12.1. The van der Waals surface area contributed by atoms with Gasteiger partial charge in [0.15, 0.2) is 0 Å². The zero-order chi connectivity index (χ0) is 17.7. The maximum Gasteiger partial charge on any atom is 0.242 e. The lowest BCUT2D eigenvalue weighted by Gasteiger charge is -2.25. The molecule has 1 aliphatic heterocycles. The smallest absolute Gasteiger partial charge is 0.242 e. The first-order valence-electron chi connectivity index (χ1n) is 7.80. The third-order valence-electron chi connectivity index (χ3n) is 3.80. The number of hydrogen-bond donors (Lipinski definition) is 1. The van der Waals surface area contributed by atoms with Crippen molar-refractivity contribution in [3.63, 3.8) is 0 Å². The van der Waals surface area contributed by atoms with Crippen LogP contribution < -0.4 is 4.72 Å². The number of nitriles is 1. The van der Waals surface area contributed by atoms with Crippen LogP contribution in [0.25, 0.3) is 0 Å². The average molecular weight is 378 g/mol. The molecule has 132 valence electrons. The van der Waals surface area contributed by atoms with Gasteiger partial charge in [0.05, 0.1) is 35.9 Å². The highest BCUT2D eigenvalue weighted by atomic mass is 32.2. The predicted molar refractivity (Wildman–Crippen MR) is 93.4 cm³/mol. The minimum absolute atomic E-state index is 0.0115. The molecule has 1 aromatic carbocycles. The Kier molecular flexibility index (Phi) is 5.78. The fraction of sp³-hybridized carbons (Fsp3) is 0.375. The molecule has 0 amide bonds. The average Bonchev–Trinajstić information content (AvgIpc) is 3.08. The van der Waals surface area contributed by atoms with Crippen molar-refractivity contribution in [2.45, 2.75) is 18.0 Å². The molecule has 0 aliphatic carbocycles. The summed E-state index contributed by atoms with van der Waals surface area (Å²) in [6, 6.07) is 8.04. The van der Waals surface area contributed by atoms with Crippen LogP contribution in [0.1, 0.15) is 16.3 Å². The topological polar surface area (TPSA) is 95.3 Å². The Labute approximate surface area is 150 Å². The maximum atomic E-state index is 12.4. The van der Waals surface area contributed by atoms with Crippen molar-refractivity contribution < 1.29 is 13.2 Å². The third kappa shape index (κ3) is 4.62. The zero-order valence-corrected chi connectivity index (χ0v) is 15.1. The summed E-state index contributed by atoms with van der Waals surface area (Å²) < 4.78 is 32.6. The number of hydrogen-bond acceptors (Lipinski definition) is 7. The van der Waals surface area contributed by atoms with E-state index >= 15 is 0 Å². The Morgan fingerprint density at radius 2 is 2.08 bits per heavy atom. The zero-order valence-electron chi connectivity index (χ0n) is 13.5. The second kappa shape index (κ2) is 8.03. The van der Waals surface area contributed by atoms with E-state index in [1.54, 1.807) is 12.1 Å². The van der Waals surface area contributed by atoms with E-state index in [9.17, 15) is 8.42 Å². The fourth-order valence-electron chi connectivity index (χ4n) is 2.52. The van der Waals surface area contributed by atoms with E-state index in [0.717, 1.165) is 38.5 Å². The summed E-state index contributed by atoms with van der Waals surface area (Å²) >= 11 is 1.42. The highest BCUT2D eigenvalue weighted by molar-refractivity contribution is 7.89. The Balaban J connectivity index is 1.62. The molecule has 9 heteroatoms. The number of nitrogens with one attached hydrogen (secondary N) is 1. The molecule has 3 rings (SSSR count).